The zero-order valence-corrected chi connectivity index (χ0v) is 28.4. The van der Waals surface area contributed by atoms with E-state index < -0.39 is 0 Å². The van der Waals surface area contributed by atoms with Crippen LogP contribution in [0.4, 0.5) is 0 Å². The highest BCUT2D eigenvalue weighted by molar-refractivity contribution is 7.26. The Morgan fingerprint density at radius 2 is 1.15 bits per heavy atom. The summed E-state index contributed by atoms with van der Waals surface area (Å²) in [6.07, 6.45) is 0. The maximum Gasteiger partial charge on any atom is 0.235 e. The van der Waals surface area contributed by atoms with Crippen LogP contribution in [-0.4, -0.2) is 19.1 Å². The average molecular weight is 683 g/mol. The van der Waals surface area contributed by atoms with E-state index in [2.05, 4.69) is 161 Å². The van der Waals surface area contributed by atoms with E-state index in [1.165, 1.54) is 4.70 Å². The van der Waals surface area contributed by atoms with Crippen LogP contribution in [0.5, 0.6) is 0 Å². The van der Waals surface area contributed by atoms with E-state index in [1.54, 1.807) is 11.3 Å². The van der Waals surface area contributed by atoms with Gasteiger partial charge in [0, 0.05) is 48.3 Å². The van der Waals surface area contributed by atoms with Gasteiger partial charge in [-0.25, -0.2) is 9.97 Å². The molecule has 0 saturated carbocycles. The van der Waals surface area contributed by atoms with Crippen LogP contribution in [0, 0.1) is 0 Å². The van der Waals surface area contributed by atoms with Crippen LogP contribution in [0.15, 0.2) is 162 Å². The first-order valence-corrected chi connectivity index (χ1v) is 18.2. The maximum absolute atomic E-state index is 6.68. The van der Waals surface area contributed by atoms with Crippen molar-refractivity contribution < 1.29 is 4.42 Å². The molecule has 0 aliphatic carbocycles. The minimum absolute atomic E-state index is 0.655. The van der Waals surface area contributed by atoms with E-state index in [1.807, 2.05) is 6.07 Å². The van der Waals surface area contributed by atoms with Crippen LogP contribution < -0.4 is 0 Å². The molecule has 0 aliphatic heterocycles. The molecule has 5 aromatic heterocycles. The second-order valence-corrected chi connectivity index (χ2v) is 14.4. The fourth-order valence-corrected chi connectivity index (χ4v) is 9.51. The lowest BCUT2D eigenvalue weighted by Crippen LogP contribution is -2.02. The molecule has 12 aromatic rings. The predicted molar refractivity (Wildman–Crippen MR) is 216 cm³/mol. The number of para-hydroxylation sites is 3. The number of benzene rings is 7. The van der Waals surface area contributed by atoms with Crippen LogP contribution in [0.3, 0.4) is 0 Å². The van der Waals surface area contributed by atoms with E-state index in [9.17, 15) is 0 Å². The summed E-state index contributed by atoms with van der Waals surface area (Å²) in [5.74, 6) is 0.655. The minimum Gasteiger partial charge on any atom is -0.455 e. The number of furan rings is 1. The molecular formula is C46H26N4OS. The fourth-order valence-electron chi connectivity index (χ4n) is 8.35. The van der Waals surface area contributed by atoms with E-state index in [4.69, 9.17) is 14.4 Å². The van der Waals surface area contributed by atoms with Gasteiger partial charge in [0.2, 0.25) is 5.95 Å². The normalized spacial score (nSPS) is 12.2. The van der Waals surface area contributed by atoms with Gasteiger partial charge in [-0.3, -0.25) is 4.57 Å². The van der Waals surface area contributed by atoms with Gasteiger partial charge in [-0.15, -0.1) is 11.3 Å². The van der Waals surface area contributed by atoms with Gasteiger partial charge < -0.3 is 8.98 Å². The Labute approximate surface area is 300 Å². The molecule has 0 bridgehead atoms. The number of hydrogen-bond donors (Lipinski definition) is 0. The highest BCUT2D eigenvalue weighted by atomic mass is 32.1. The SMILES string of the molecule is c1ccc(-c2nc(-n3c4ccccc4c4c3ccc3c5c6oc7ccccc7c6ccc5n(-c5ccccc5)c34)nc3c2sc2ccccc23)cc1. The van der Waals surface area contributed by atoms with Crippen LogP contribution in [0.2, 0.25) is 0 Å². The first-order valence-electron chi connectivity index (χ1n) is 17.4. The topological polar surface area (TPSA) is 48.8 Å². The third-order valence-corrected chi connectivity index (χ3v) is 11.7. The summed E-state index contributed by atoms with van der Waals surface area (Å²) in [6, 6.07) is 55.6. The van der Waals surface area contributed by atoms with Crippen molar-refractivity contribution in [3.8, 4) is 22.9 Å². The highest BCUT2D eigenvalue weighted by Gasteiger charge is 2.25. The van der Waals surface area contributed by atoms with E-state index in [0.717, 1.165) is 98.1 Å². The zero-order chi connectivity index (χ0) is 33.9. The molecule has 52 heavy (non-hydrogen) atoms. The summed E-state index contributed by atoms with van der Waals surface area (Å²) in [4.78, 5) is 10.8. The van der Waals surface area contributed by atoms with Crippen molar-refractivity contribution in [3.63, 3.8) is 0 Å². The number of rotatable bonds is 3. The second kappa shape index (κ2) is 10.4. The lowest BCUT2D eigenvalue weighted by molar-refractivity contribution is 0.673. The second-order valence-electron chi connectivity index (χ2n) is 13.3. The first kappa shape index (κ1) is 28.0. The summed E-state index contributed by atoms with van der Waals surface area (Å²) >= 11 is 1.76. The number of nitrogens with zero attached hydrogens (tertiary/aromatic N) is 4. The average Bonchev–Trinajstić information content (AvgIpc) is 3.95. The molecule has 0 spiro atoms. The number of hydrogen-bond acceptors (Lipinski definition) is 4. The van der Waals surface area contributed by atoms with E-state index >= 15 is 0 Å². The molecule has 6 heteroatoms. The molecule has 0 aliphatic rings. The molecular weight excluding hydrogens is 657 g/mol. The van der Waals surface area contributed by atoms with Crippen molar-refractivity contribution in [1.82, 2.24) is 19.1 Å². The largest absolute Gasteiger partial charge is 0.455 e. The molecule has 0 radical (unpaired) electrons. The van der Waals surface area contributed by atoms with Gasteiger partial charge in [-0.1, -0.05) is 103 Å². The predicted octanol–water partition coefficient (Wildman–Crippen LogP) is 12.6. The smallest absolute Gasteiger partial charge is 0.235 e. The summed E-state index contributed by atoms with van der Waals surface area (Å²) in [7, 11) is 0. The Morgan fingerprint density at radius 3 is 2.00 bits per heavy atom. The van der Waals surface area contributed by atoms with Crippen molar-refractivity contribution in [2.24, 2.45) is 0 Å². The Balaban J connectivity index is 1.27. The lowest BCUT2D eigenvalue weighted by atomic mass is 10.1. The van der Waals surface area contributed by atoms with Gasteiger partial charge in [0.05, 0.1) is 43.4 Å². The molecule has 242 valence electrons. The van der Waals surface area contributed by atoms with Crippen LogP contribution in [-0.2, 0) is 0 Å². The fraction of sp³-hybridized carbons (Fsp3) is 0. The standard InChI is InChI=1S/C46H26N4OS/c1-3-13-27(14-4-1)41-45-42(32-19-9-12-22-38(32)52-45)48-46(47-41)50-34-20-10-7-18-31(34)39-35(50)26-24-33-40-36(49(43(33)39)28-15-5-2-6-16-28)25-23-30-29-17-8-11-21-37(29)51-44(30)40/h1-26H. The Kier molecular flexibility index (Phi) is 5.59. The van der Waals surface area contributed by atoms with Gasteiger partial charge in [0.25, 0.3) is 0 Å². The molecule has 7 aromatic carbocycles. The molecule has 5 nitrogen and oxygen atoms in total. The van der Waals surface area contributed by atoms with Crippen molar-refractivity contribution in [2.45, 2.75) is 0 Å². The number of aromatic nitrogens is 4. The number of thiophene rings is 1. The monoisotopic (exact) mass is 682 g/mol. The third kappa shape index (κ3) is 3.71. The van der Waals surface area contributed by atoms with Crippen LogP contribution in [0.25, 0.3) is 109 Å². The summed E-state index contributed by atoms with van der Waals surface area (Å²) in [6.45, 7) is 0. The van der Waals surface area contributed by atoms with Crippen molar-refractivity contribution in [1.29, 1.82) is 0 Å². The molecule has 0 saturated heterocycles. The number of fused-ring (bicyclic) bond motifs is 14. The quantitative estimate of drug-likeness (QED) is 0.186. The Morgan fingerprint density at radius 1 is 0.481 bits per heavy atom. The molecule has 0 atom stereocenters. The van der Waals surface area contributed by atoms with E-state index in [-0.39, 0.29) is 0 Å². The minimum atomic E-state index is 0.655. The summed E-state index contributed by atoms with van der Waals surface area (Å²) < 4.78 is 13.6. The van der Waals surface area contributed by atoms with Gasteiger partial charge in [0.15, 0.2) is 0 Å². The summed E-state index contributed by atoms with van der Waals surface area (Å²) in [5.41, 5.74) is 10.2. The maximum atomic E-state index is 6.68. The van der Waals surface area contributed by atoms with Gasteiger partial charge >= 0.3 is 0 Å². The Hall–Kier alpha value is -6.76. The summed E-state index contributed by atoms with van der Waals surface area (Å²) in [5, 5.41) is 7.94. The molecule has 12 rings (SSSR count). The molecule has 0 N–H and O–H groups in total. The van der Waals surface area contributed by atoms with Crippen molar-refractivity contribution in [2.75, 3.05) is 0 Å². The molecule has 5 heterocycles. The zero-order valence-electron chi connectivity index (χ0n) is 27.6. The van der Waals surface area contributed by atoms with E-state index in [0.29, 0.717) is 5.95 Å². The van der Waals surface area contributed by atoms with Crippen molar-refractivity contribution >= 4 is 97.2 Å². The lowest BCUT2D eigenvalue weighted by Gasteiger charge is -2.11. The van der Waals surface area contributed by atoms with Crippen molar-refractivity contribution in [3.05, 3.63) is 158 Å². The third-order valence-electron chi connectivity index (χ3n) is 10.5. The first-order chi connectivity index (χ1) is 25.8. The van der Waals surface area contributed by atoms with Gasteiger partial charge in [-0.2, -0.15) is 0 Å². The van der Waals surface area contributed by atoms with Gasteiger partial charge in [-0.05, 0) is 54.6 Å². The Bertz CT molecular complexity index is 3410. The molecule has 0 fully saturated rings. The van der Waals surface area contributed by atoms with Gasteiger partial charge in [0.1, 0.15) is 11.2 Å². The highest BCUT2D eigenvalue weighted by Crippen LogP contribution is 2.46. The molecule has 0 unspecified atom stereocenters. The molecule has 0 amide bonds. The van der Waals surface area contributed by atoms with Crippen LogP contribution in [0.1, 0.15) is 0 Å². The van der Waals surface area contributed by atoms with Crippen LogP contribution >= 0.6 is 11.3 Å².